The summed E-state index contributed by atoms with van der Waals surface area (Å²) < 4.78 is 31.1. The normalized spacial score (nSPS) is 11.2. The van der Waals surface area contributed by atoms with E-state index in [0.717, 1.165) is 12.5 Å². The number of nitrogens with one attached hydrogen (secondary N) is 1. The monoisotopic (exact) mass is 226 g/mol. The first kappa shape index (κ1) is 11.0. The number of hydrogen-bond acceptors (Lipinski definition) is 2. The molecule has 0 saturated carbocycles. The number of imidazole rings is 1. The second-order valence-electron chi connectivity index (χ2n) is 3.56. The van der Waals surface area contributed by atoms with Crippen LogP contribution in [0.3, 0.4) is 0 Å². The quantitative estimate of drug-likeness (QED) is 0.813. The summed E-state index contributed by atoms with van der Waals surface area (Å²) in [6.07, 6.45) is 1.45. The highest BCUT2D eigenvalue weighted by Gasteiger charge is 2.09. The van der Waals surface area contributed by atoms with E-state index < -0.39 is 11.6 Å². The highest BCUT2D eigenvalue weighted by molar-refractivity contribution is 5.75. The fraction of sp³-hybridized carbons (Fsp3) is 0.364. The van der Waals surface area contributed by atoms with Crippen molar-refractivity contribution in [1.29, 1.82) is 0 Å². The van der Waals surface area contributed by atoms with Crippen LogP contribution in [0, 0.1) is 11.6 Å². The van der Waals surface area contributed by atoms with Gasteiger partial charge in [0.15, 0.2) is 5.82 Å². The van der Waals surface area contributed by atoms with Crippen LogP contribution in [0.4, 0.5) is 8.78 Å². The number of methoxy groups -OCH3 is 1. The van der Waals surface area contributed by atoms with Crippen LogP contribution in [0.2, 0.25) is 0 Å². The van der Waals surface area contributed by atoms with E-state index in [4.69, 9.17) is 4.74 Å². The Morgan fingerprint density at radius 2 is 2.19 bits per heavy atom. The number of aromatic amines is 1. The van der Waals surface area contributed by atoms with Crippen LogP contribution in [0.1, 0.15) is 12.2 Å². The van der Waals surface area contributed by atoms with Gasteiger partial charge in [0.1, 0.15) is 17.2 Å². The van der Waals surface area contributed by atoms with Gasteiger partial charge in [-0.1, -0.05) is 0 Å². The largest absolute Gasteiger partial charge is 0.385 e. The molecule has 0 aliphatic heterocycles. The zero-order chi connectivity index (χ0) is 11.5. The summed E-state index contributed by atoms with van der Waals surface area (Å²) in [5.74, 6) is -0.585. The molecular formula is C11H12F2N2O. The zero-order valence-corrected chi connectivity index (χ0v) is 8.89. The standard InChI is InChI=1S/C11H12F2N2O/c1-16-4-2-3-10-14-9-6-7(12)5-8(13)11(9)15-10/h5-6H,2-4H2,1H3,(H,14,15). The van der Waals surface area contributed by atoms with Crippen molar-refractivity contribution in [1.82, 2.24) is 9.97 Å². The van der Waals surface area contributed by atoms with E-state index in [9.17, 15) is 8.78 Å². The topological polar surface area (TPSA) is 37.9 Å². The van der Waals surface area contributed by atoms with Gasteiger partial charge >= 0.3 is 0 Å². The Hall–Kier alpha value is -1.49. The molecule has 2 aromatic rings. The molecule has 0 saturated heterocycles. The van der Waals surface area contributed by atoms with Gasteiger partial charge in [0.2, 0.25) is 0 Å². The first-order valence-corrected chi connectivity index (χ1v) is 5.03. The molecule has 1 heterocycles. The molecule has 0 radical (unpaired) electrons. The van der Waals surface area contributed by atoms with Crippen molar-refractivity contribution in [2.24, 2.45) is 0 Å². The fourth-order valence-corrected chi connectivity index (χ4v) is 1.60. The summed E-state index contributed by atoms with van der Waals surface area (Å²) in [5, 5.41) is 0. The highest BCUT2D eigenvalue weighted by atomic mass is 19.1. The van der Waals surface area contributed by atoms with Crippen LogP contribution < -0.4 is 0 Å². The second kappa shape index (κ2) is 4.57. The maximum atomic E-state index is 13.3. The van der Waals surface area contributed by atoms with Gasteiger partial charge in [-0.05, 0) is 12.5 Å². The number of H-pyrrole nitrogens is 1. The van der Waals surface area contributed by atoms with Gasteiger partial charge in [-0.25, -0.2) is 13.8 Å². The summed E-state index contributed by atoms with van der Waals surface area (Å²) in [7, 11) is 1.62. The summed E-state index contributed by atoms with van der Waals surface area (Å²) in [4.78, 5) is 6.96. The number of ether oxygens (including phenoxy) is 1. The molecule has 0 spiro atoms. The lowest BCUT2D eigenvalue weighted by atomic mass is 10.3. The fourth-order valence-electron chi connectivity index (χ4n) is 1.60. The van der Waals surface area contributed by atoms with Crippen LogP contribution in [0.25, 0.3) is 11.0 Å². The van der Waals surface area contributed by atoms with Crippen molar-refractivity contribution in [3.8, 4) is 0 Å². The van der Waals surface area contributed by atoms with Gasteiger partial charge in [-0.2, -0.15) is 0 Å². The molecule has 3 nitrogen and oxygen atoms in total. The lowest BCUT2D eigenvalue weighted by Gasteiger charge is -1.95. The van der Waals surface area contributed by atoms with Crippen molar-refractivity contribution in [2.75, 3.05) is 13.7 Å². The molecule has 1 aromatic heterocycles. The number of fused-ring (bicyclic) bond motifs is 1. The van der Waals surface area contributed by atoms with Crippen LogP contribution in [-0.2, 0) is 11.2 Å². The van der Waals surface area contributed by atoms with E-state index in [-0.39, 0.29) is 5.52 Å². The van der Waals surface area contributed by atoms with E-state index in [2.05, 4.69) is 9.97 Å². The first-order valence-electron chi connectivity index (χ1n) is 5.03. The predicted molar refractivity (Wildman–Crippen MR) is 56.2 cm³/mol. The molecule has 0 aliphatic rings. The molecule has 1 aromatic carbocycles. The lowest BCUT2D eigenvalue weighted by Crippen LogP contribution is -1.94. The Balaban J connectivity index is 2.26. The highest BCUT2D eigenvalue weighted by Crippen LogP contribution is 2.17. The lowest BCUT2D eigenvalue weighted by molar-refractivity contribution is 0.194. The average molecular weight is 226 g/mol. The van der Waals surface area contributed by atoms with Crippen molar-refractivity contribution < 1.29 is 13.5 Å². The molecule has 0 aliphatic carbocycles. The Morgan fingerprint density at radius 1 is 1.38 bits per heavy atom. The third kappa shape index (κ3) is 2.19. The summed E-state index contributed by atoms with van der Waals surface area (Å²) in [5.41, 5.74) is 0.582. The van der Waals surface area contributed by atoms with Crippen molar-refractivity contribution in [2.45, 2.75) is 12.8 Å². The maximum absolute atomic E-state index is 13.3. The second-order valence-corrected chi connectivity index (χ2v) is 3.56. The summed E-state index contributed by atoms with van der Waals surface area (Å²) in [6, 6.07) is 2.08. The number of benzene rings is 1. The number of rotatable bonds is 4. The van der Waals surface area contributed by atoms with Crippen LogP contribution in [0.15, 0.2) is 12.1 Å². The minimum Gasteiger partial charge on any atom is -0.385 e. The smallest absolute Gasteiger partial charge is 0.153 e. The molecule has 0 atom stereocenters. The molecule has 0 bridgehead atoms. The zero-order valence-electron chi connectivity index (χ0n) is 8.89. The van der Waals surface area contributed by atoms with Crippen molar-refractivity contribution >= 4 is 11.0 Å². The molecule has 1 N–H and O–H groups in total. The number of aryl methyl sites for hydroxylation is 1. The molecule has 0 fully saturated rings. The minimum atomic E-state index is -0.635. The van der Waals surface area contributed by atoms with E-state index in [0.29, 0.717) is 24.4 Å². The summed E-state index contributed by atoms with van der Waals surface area (Å²) in [6.45, 7) is 0.619. The average Bonchev–Trinajstić information content (AvgIpc) is 2.61. The van der Waals surface area contributed by atoms with Gasteiger partial charge in [-0.3, -0.25) is 0 Å². The Morgan fingerprint density at radius 3 is 2.94 bits per heavy atom. The third-order valence-electron chi connectivity index (χ3n) is 2.32. The summed E-state index contributed by atoms with van der Waals surface area (Å²) >= 11 is 0. The Bertz CT molecular complexity index is 496. The van der Waals surface area contributed by atoms with Gasteiger partial charge in [0.25, 0.3) is 0 Å². The van der Waals surface area contributed by atoms with Crippen LogP contribution >= 0.6 is 0 Å². The minimum absolute atomic E-state index is 0.189. The molecule has 0 amide bonds. The molecular weight excluding hydrogens is 214 g/mol. The SMILES string of the molecule is COCCCc1nc2c(F)cc(F)cc2[nH]1. The van der Waals surface area contributed by atoms with Crippen molar-refractivity contribution in [3.05, 3.63) is 29.6 Å². The van der Waals surface area contributed by atoms with E-state index >= 15 is 0 Å². The molecule has 16 heavy (non-hydrogen) atoms. The van der Waals surface area contributed by atoms with Gasteiger partial charge in [0, 0.05) is 26.2 Å². The molecule has 86 valence electrons. The van der Waals surface area contributed by atoms with Crippen LogP contribution in [0.5, 0.6) is 0 Å². The Kier molecular flexibility index (Phi) is 3.14. The molecule has 5 heteroatoms. The molecule has 2 rings (SSSR count). The molecule has 0 unspecified atom stereocenters. The number of halogens is 2. The van der Waals surface area contributed by atoms with Gasteiger partial charge < -0.3 is 9.72 Å². The maximum Gasteiger partial charge on any atom is 0.153 e. The van der Waals surface area contributed by atoms with E-state index in [1.165, 1.54) is 6.07 Å². The van der Waals surface area contributed by atoms with Crippen LogP contribution in [-0.4, -0.2) is 23.7 Å². The number of nitrogens with zero attached hydrogens (tertiary/aromatic N) is 1. The Labute approximate surface area is 91.4 Å². The first-order chi connectivity index (χ1) is 7.70. The van der Waals surface area contributed by atoms with Crippen molar-refractivity contribution in [3.63, 3.8) is 0 Å². The van der Waals surface area contributed by atoms with E-state index in [1.54, 1.807) is 7.11 Å². The van der Waals surface area contributed by atoms with E-state index in [1.807, 2.05) is 0 Å². The third-order valence-corrected chi connectivity index (χ3v) is 2.32. The van der Waals surface area contributed by atoms with Gasteiger partial charge in [0.05, 0.1) is 5.52 Å². The number of hydrogen-bond donors (Lipinski definition) is 1. The number of aromatic nitrogens is 2. The van der Waals surface area contributed by atoms with Gasteiger partial charge in [-0.15, -0.1) is 0 Å². The predicted octanol–water partition coefficient (Wildman–Crippen LogP) is 2.42.